The van der Waals surface area contributed by atoms with E-state index in [9.17, 15) is 10.1 Å². The first kappa shape index (κ1) is 17.0. The average Bonchev–Trinajstić information content (AvgIpc) is 3.05. The predicted octanol–water partition coefficient (Wildman–Crippen LogP) is 5.51. The molecule has 0 spiro atoms. The van der Waals surface area contributed by atoms with Gasteiger partial charge in [-0.2, -0.15) is 4.37 Å². The van der Waals surface area contributed by atoms with Gasteiger partial charge in [0.2, 0.25) is 0 Å². The van der Waals surface area contributed by atoms with Gasteiger partial charge in [-0.3, -0.25) is 10.1 Å². The molecule has 25 heavy (non-hydrogen) atoms. The number of non-ortho nitro benzene ring substituents is 1. The third kappa shape index (κ3) is 3.97. The Hall–Kier alpha value is -2.87. The van der Waals surface area contributed by atoms with Crippen LogP contribution in [-0.4, -0.2) is 15.8 Å². The van der Waals surface area contributed by atoms with E-state index in [-0.39, 0.29) is 5.69 Å². The Morgan fingerprint density at radius 2 is 2.04 bits per heavy atom. The van der Waals surface area contributed by atoms with Crippen molar-refractivity contribution in [1.82, 2.24) is 4.37 Å². The van der Waals surface area contributed by atoms with Crippen molar-refractivity contribution in [2.24, 2.45) is 10.3 Å². The van der Waals surface area contributed by atoms with Gasteiger partial charge >= 0.3 is 0 Å². The van der Waals surface area contributed by atoms with Gasteiger partial charge in [0.15, 0.2) is 5.00 Å². The Labute approximate surface area is 148 Å². The van der Waals surface area contributed by atoms with E-state index < -0.39 is 4.92 Å². The minimum absolute atomic E-state index is 0.0232. The molecule has 1 aromatic heterocycles. The Kier molecular flexibility index (Phi) is 5.30. The van der Waals surface area contributed by atoms with Gasteiger partial charge in [-0.15, -0.1) is 5.11 Å². The van der Waals surface area contributed by atoms with Crippen LogP contribution in [0, 0.1) is 10.1 Å². The van der Waals surface area contributed by atoms with Crippen LogP contribution in [0.5, 0.6) is 0 Å². The summed E-state index contributed by atoms with van der Waals surface area (Å²) >= 11 is 1.18. The molecule has 7 nitrogen and oxygen atoms in total. The molecular formula is C17H17N5O2S. The van der Waals surface area contributed by atoms with E-state index in [1.54, 1.807) is 6.07 Å². The zero-order valence-corrected chi connectivity index (χ0v) is 14.5. The number of rotatable bonds is 7. The average molecular weight is 355 g/mol. The summed E-state index contributed by atoms with van der Waals surface area (Å²) in [4.78, 5) is 10.6. The van der Waals surface area contributed by atoms with E-state index in [2.05, 4.69) is 21.6 Å². The monoisotopic (exact) mass is 355 g/mol. The van der Waals surface area contributed by atoms with Crippen LogP contribution >= 0.6 is 11.5 Å². The number of para-hydroxylation sites is 1. The van der Waals surface area contributed by atoms with Crippen molar-refractivity contribution >= 4 is 38.8 Å². The molecule has 0 aliphatic rings. The second-order valence-corrected chi connectivity index (χ2v) is 6.20. The van der Waals surface area contributed by atoms with Crippen molar-refractivity contribution in [1.29, 1.82) is 0 Å². The molecule has 2 aromatic carbocycles. The van der Waals surface area contributed by atoms with Gasteiger partial charge in [0.1, 0.15) is 0 Å². The highest BCUT2D eigenvalue weighted by atomic mass is 32.1. The lowest BCUT2D eigenvalue weighted by Crippen LogP contribution is -2.16. The number of nitrogens with zero attached hydrogens (tertiary/aromatic N) is 5. The number of aromatic nitrogens is 1. The number of nitro benzene ring substituents is 1. The first-order valence-corrected chi connectivity index (χ1v) is 8.74. The van der Waals surface area contributed by atoms with Crippen LogP contribution in [0.3, 0.4) is 0 Å². The van der Waals surface area contributed by atoms with Gasteiger partial charge in [-0.05, 0) is 36.2 Å². The quantitative estimate of drug-likeness (QED) is 0.318. The predicted molar refractivity (Wildman–Crippen MR) is 99.5 cm³/mol. The number of unbranched alkanes of at least 4 members (excludes halogenated alkanes) is 1. The minimum Gasteiger partial charge on any atom is -0.258 e. The molecule has 0 fully saturated rings. The largest absolute Gasteiger partial charge is 0.270 e. The second-order valence-electron chi connectivity index (χ2n) is 5.45. The maximum Gasteiger partial charge on any atom is 0.270 e. The number of anilines is 1. The summed E-state index contributed by atoms with van der Waals surface area (Å²) in [5.74, 6) is 0. The van der Waals surface area contributed by atoms with Crippen molar-refractivity contribution in [2.45, 2.75) is 19.8 Å². The van der Waals surface area contributed by atoms with Gasteiger partial charge < -0.3 is 0 Å². The zero-order chi connectivity index (χ0) is 17.6. The van der Waals surface area contributed by atoms with Crippen molar-refractivity contribution in [2.75, 3.05) is 11.6 Å². The van der Waals surface area contributed by atoms with Crippen LogP contribution in [0.2, 0.25) is 0 Å². The molecule has 0 saturated carbocycles. The van der Waals surface area contributed by atoms with Crippen molar-refractivity contribution < 1.29 is 4.92 Å². The van der Waals surface area contributed by atoms with Gasteiger partial charge in [0.05, 0.1) is 16.1 Å². The van der Waals surface area contributed by atoms with Crippen molar-refractivity contribution in [3.05, 3.63) is 58.6 Å². The van der Waals surface area contributed by atoms with E-state index in [1.165, 1.54) is 23.7 Å². The van der Waals surface area contributed by atoms with E-state index in [0.717, 1.165) is 25.1 Å². The lowest BCUT2D eigenvalue weighted by Gasteiger charge is -2.16. The summed E-state index contributed by atoms with van der Waals surface area (Å²) in [6.07, 6.45) is 2.04. The van der Waals surface area contributed by atoms with Gasteiger partial charge in [0.25, 0.3) is 5.69 Å². The molecule has 3 aromatic rings. The Morgan fingerprint density at radius 3 is 2.76 bits per heavy atom. The molecule has 0 bridgehead atoms. The van der Waals surface area contributed by atoms with E-state index in [4.69, 9.17) is 0 Å². The molecule has 8 heteroatoms. The third-order valence-electron chi connectivity index (χ3n) is 3.67. The molecular weight excluding hydrogens is 338 g/mol. The SMILES string of the molecule is CCCCN(/N=N/c1snc2ccc([N+](=O)[O-])cc12)c1ccccc1. The highest BCUT2D eigenvalue weighted by Crippen LogP contribution is 2.33. The van der Waals surface area contributed by atoms with Crippen LogP contribution in [0.1, 0.15) is 19.8 Å². The highest BCUT2D eigenvalue weighted by Gasteiger charge is 2.12. The van der Waals surface area contributed by atoms with Gasteiger partial charge in [0, 0.05) is 24.1 Å². The molecule has 0 aliphatic heterocycles. The summed E-state index contributed by atoms with van der Waals surface area (Å²) < 4.78 is 4.28. The lowest BCUT2D eigenvalue weighted by atomic mass is 10.2. The second kappa shape index (κ2) is 7.80. The minimum atomic E-state index is -0.421. The number of hydrogen-bond donors (Lipinski definition) is 0. The number of hydrogen-bond acceptors (Lipinski definition) is 6. The molecule has 0 unspecified atom stereocenters. The summed E-state index contributed by atoms with van der Waals surface area (Å²) in [7, 11) is 0. The maximum atomic E-state index is 11.0. The number of nitro groups is 1. The number of benzene rings is 2. The highest BCUT2D eigenvalue weighted by molar-refractivity contribution is 7.11. The topological polar surface area (TPSA) is 84.0 Å². The Balaban J connectivity index is 1.91. The Bertz CT molecular complexity index is 894. The molecule has 0 radical (unpaired) electrons. The fourth-order valence-electron chi connectivity index (χ4n) is 2.33. The summed E-state index contributed by atoms with van der Waals surface area (Å²) in [6.45, 7) is 2.87. The molecule has 3 rings (SSSR count). The molecule has 0 atom stereocenters. The van der Waals surface area contributed by atoms with Crippen LogP contribution in [0.15, 0.2) is 58.9 Å². The molecule has 0 amide bonds. The standard InChI is InChI=1S/C17H17N5O2S/c1-2-3-11-21(13-7-5-4-6-8-13)20-18-17-15-12-14(22(23)24)9-10-16(15)19-25-17/h4-10,12H,2-3,11H2,1H3/b20-18+. The van der Waals surface area contributed by atoms with Crippen molar-refractivity contribution in [3.63, 3.8) is 0 Å². The summed E-state index contributed by atoms with van der Waals surface area (Å²) in [5, 5.41) is 22.7. The van der Waals surface area contributed by atoms with E-state index in [1.807, 2.05) is 35.3 Å². The van der Waals surface area contributed by atoms with Crippen LogP contribution in [0.25, 0.3) is 10.9 Å². The van der Waals surface area contributed by atoms with Crippen LogP contribution in [-0.2, 0) is 0 Å². The molecule has 128 valence electrons. The van der Waals surface area contributed by atoms with Crippen LogP contribution in [0.4, 0.5) is 16.4 Å². The maximum absolute atomic E-state index is 11.0. The fraction of sp³-hybridized carbons (Fsp3) is 0.235. The smallest absolute Gasteiger partial charge is 0.258 e. The molecule has 1 heterocycles. The zero-order valence-electron chi connectivity index (χ0n) is 13.7. The number of fused-ring (bicyclic) bond motifs is 1. The third-order valence-corrected chi connectivity index (χ3v) is 4.44. The fourth-order valence-corrected chi connectivity index (χ4v) is 3.01. The Morgan fingerprint density at radius 1 is 1.24 bits per heavy atom. The van der Waals surface area contributed by atoms with Crippen LogP contribution < -0.4 is 5.01 Å². The molecule has 0 saturated heterocycles. The van der Waals surface area contributed by atoms with Gasteiger partial charge in [-0.25, -0.2) is 5.01 Å². The first-order valence-electron chi connectivity index (χ1n) is 7.97. The first-order chi connectivity index (χ1) is 12.2. The van der Waals surface area contributed by atoms with E-state index in [0.29, 0.717) is 15.9 Å². The molecule has 0 N–H and O–H groups in total. The molecule has 0 aliphatic carbocycles. The lowest BCUT2D eigenvalue weighted by molar-refractivity contribution is -0.384. The summed E-state index contributed by atoms with van der Waals surface area (Å²) in [6, 6.07) is 14.4. The van der Waals surface area contributed by atoms with Gasteiger partial charge in [-0.1, -0.05) is 36.8 Å². The summed E-state index contributed by atoms with van der Waals surface area (Å²) in [5.41, 5.74) is 1.67. The van der Waals surface area contributed by atoms with E-state index >= 15 is 0 Å². The van der Waals surface area contributed by atoms with Crippen molar-refractivity contribution in [3.8, 4) is 0 Å². The normalized spacial score (nSPS) is 11.2.